The van der Waals surface area contributed by atoms with Crippen LogP contribution in [-0.2, 0) is 19.2 Å². The standard InChI is InChI=1S/2C6H10BNO2.2C5H8BNO3.C4H9I.3CH4/c2*1-3-5(4(2)9)8-6(7)10;1-3(9)4(2-8)7-5(6)10;1-2-3(4(8)9)7-5(6)10;1-3-4(2)5;;;/h2*5H,3H2,1-2H3,(H,8,10);4,8H,2H2,1H3,(H,7,10);3H,2H2,1H3,(H,7,10)(H,8,9);4H,3H2,1-2H3;3*1H4. The number of carboxylic acid groups (broad SMARTS) is 1. The maximum atomic E-state index is 10.6. The van der Waals surface area contributed by atoms with E-state index in [1.54, 1.807) is 6.92 Å². The average molecular weight is 792 g/mol. The number of carbonyl (C=O) groups is 8. The van der Waals surface area contributed by atoms with Crippen LogP contribution < -0.4 is 21.3 Å². The Morgan fingerprint density at radius 1 is 0.542 bits per heavy atom. The van der Waals surface area contributed by atoms with Gasteiger partial charge in [0.05, 0.1) is 18.7 Å². The second-order valence-electron chi connectivity index (χ2n) is 9.01. The number of hydrogen-bond acceptors (Lipinski definition) is 9. The van der Waals surface area contributed by atoms with Crippen molar-refractivity contribution in [1.29, 1.82) is 0 Å². The molecular weight excluding hydrogens is 734 g/mol. The molecule has 0 rings (SSSR count). The molecule has 0 heterocycles. The smallest absolute Gasteiger partial charge is 0.326 e. The van der Waals surface area contributed by atoms with Gasteiger partial charge >= 0.3 is 5.97 Å². The molecule has 4 amide bonds. The van der Waals surface area contributed by atoms with Gasteiger partial charge in [-0.05, 0) is 46.5 Å². The van der Waals surface area contributed by atoms with Crippen LogP contribution in [0.2, 0.25) is 0 Å². The number of nitrogens with one attached hydrogen (secondary N) is 4. The molecule has 0 bridgehead atoms. The predicted octanol–water partition coefficient (Wildman–Crippen LogP) is 3.13. The van der Waals surface area contributed by atoms with E-state index in [0.29, 0.717) is 19.3 Å². The van der Waals surface area contributed by atoms with Crippen LogP contribution in [0.5, 0.6) is 0 Å². The van der Waals surface area contributed by atoms with Crippen molar-refractivity contribution in [3.8, 4) is 0 Å². The number of aliphatic hydroxyl groups is 1. The quantitative estimate of drug-likeness (QED) is 0.0908. The molecule has 0 aromatic rings. The lowest BCUT2D eigenvalue weighted by Gasteiger charge is -2.11. The maximum absolute atomic E-state index is 10.6. The van der Waals surface area contributed by atoms with E-state index in [4.69, 9.17) is 41.6 Å². The second-order valence-corrected chi connectivity index (χ2v) is 11.1. The Hall–Kier alpha value is -2.69. The maximum Gasteiger partial charge on any atom is 0.326 e. The first kappa shape index (κ1) is 63.9. The molecule has 0 aliphatic rings. The van der Waals surface area contributed by atoms with Gasteiger partial charge in [-0.2, -0.15) is 0 Å². The highest BCUT2D eigenvalue weighted by Crippen LogP contribution is 2.00. The Morgan fingerprint density at radius 2 is 0.750 bits per heavy atom. The van der Waals surface area contributed by atoms with Crippen molar-refractivity contribution in [2.45, 2.75) is 131 Å². The summed E-state index contributed by atoms with van der Waals surface area (Å²) >= 11 is 2.41. The van der Waals surface area contributed by atoms with E-state index in [2.05, 4.69) is 57.7 Å². The Balaban J connectivity index is -0.0000000694. The fourth-order valence-corrected chi connectivity index (χ4v) is 2.28. The van der Waals surface area contributed by atoms with Crippen LogP contribution in [0.1, 0.15) is 103 Å². The summed E-state index contributed by atoms with van der Waals surface area (Å²) in [5, 5.41) is 25.6. The third kappa shape index (κ3) is 50.2. The van der Waals surface area contributed by atoms with Crippen molar-refractivity contribution in [3.63, 3.8) is 0 Å². The minimum Gasteiger partial charge on any atom is -0.480 e. The van der Waals surface area contributed by atoms with Crippen LogP contribution in [-0.4, -0.2) is 123 Å². The summed E-state index contributed by atoms with van der Waals surface area (Å²) in [5.41, 5.74) is 0. The van der Waals surface area contributed by atoms with Gasteiger partial charge in [-0.15, -0.1) is 0 Å². The van der Waals surface area contributed by atoms with E-state index in [1.807, 2.05) is 13.8 Å². The van der Waals surface area contributed by atoms with Crippen molar-refractivity contribution in [3.05, 3.63) is 0 Å². The number of rotatable bonds is 13. The SMILES string of the molecule is C.C.C.CCC(C)I.[B]C(=O)NC(CC)C(=O)O.[B]C(=O)NC(CC)C(C)=O.[B]C(=O)NC(CC)C(C)=O.[B]C(=O)NC(CO)C(C)=O. The Bertz CT molecular complexity index is 796. The molecule has 14 nitrogen and oxygen atoms in total. The molecule has 0 aromatic carbocycles. The summed E-state index contributed by atoms with van der Waals surface area (Å²) in [6.45, 7) is 13.3. The van der Waals surface area contributed by atoms with Crippen LogP contribution in [0.15, 0.2) is 0 Å². The number of ketones is 3. The first-order valence-electron chi connectivity index (χ1n) is 13.8. The molecule has 8 radical (unpaired) electrons. The number of aliphatic hydroxyl groups excluding tert-OH is 1. The third-order valence-corrected chi connectivity index (χ3v) is 5.89. The van der Waals surface area contributed by atoms with Crippen molar-refractivity contribution < 1.29 is 48.6 Å². The Morgan fingerprint density at radius 3 is 0.812 bits per heavy atom. The number of alkyl halides is 1. The Kier molecular flexibility index (Phi) is 53.9. The van der Waals surface area contributed by atoms with Gasteiger partial charge in [-0.1, -0.05) is 79.5 Å². The highest BCUT2D eigenvalue weighted by atomic mass is 127. The van der Waals surface area contributed by atoms with Gasteiger partial charge in [0.15, 0.2) is 40.6 Å². The first-order valence-corrected chi connectivity index (χ1v) is 15.0. The topological polar surface area (TPSA) is 225 Å². The zero-order valence-electron chi connectivity index (χ0n) is 27.3. The molecule has 0 spiro atoms. The number of hydrogen-bond donors (Lipinski definition) is 6. The van der Waals surface area contributed by atoms with E-state index in [0.717, 1.165) is 3.92 Å². The third-order valence-electron chi connectivity index (χ3n) is 5.01. The van der Waals surface area contributed by atoms with Crippen molar-refractivity contribution in [2.24, 2.45) is 0 Å². The minimum absolute atomic E-state index is 0. The number of aliphatic carboxylic acids is 1. The molecule has 0 aliphatic heterocycles. The van der Waals surface area contributed by atoms with Crippen LogP contribution in [0.25, 0.3) is 0 Å². The molecule has 48 heavy (non-hydrogen) atoms. The molecule has 272 valence electrons. The normalized spacial score (nSPS) is 11.7. The second kappa shape index (κ2) is 40.5. The average Bonchev–Trinajstić information content (AvgIpc) is 2.92. The van der Waals surface area contributed by atoms with Gasteiger partial charge in [0, 0.05) is 3.92 Å². The van der Waals surface area contributed by atoms with E-state index < -0.39 is 60.0 Å². The van der Waals surface area contributed by atoms with Crippen molar-refractivity contribution in [2.75, 3.05) is 6.61 Å². The summed E-state index contributed by atoms with van der Waals surface area (Å²) in [5.74, 6) is -4.45. The van der Waals surface area contributed by atoms with Crippen LogP contribution in [0, 0.1) is 0 Å². The molecule has 19 heteroatoms. The summed E-state index contributed by atoms with van der Waals surface area (Å²) in [7, 11) is 19.0. The number of Topliss-reactive ketones (excluding diaryl/α,β-unsaturated/α-hetero) is 3. The van der Waals surface area contributed by atoms with Crippen molar-refractivity contribution in [1.82, 2.24) is 21.3 Å². The molecule has 0 saturated heterocycles. The monoisotopic (exact) mass is 792 g/mol. The molecule has 0 saturated carbocycles. The lowest BCUT2D eigenvalue weighted by molar-refractivity contribution is -0.139. The molecule has 0 aliphatic carbocycles. The highest BCUT2D eigenvalue weighted by Gasteiger charge is 2.14. The molecule has 5 atom stereocenters. The van der Waals surface area contributed by atoms with Gasteiger partial charge in [-0.3, -0.25) is 33.6 Å². The van der Waals surface area contributed by atoms with Crippen LogP contribution in [0.4, 0.5) is 19.2 Å². The first-order chi connectivity index (χ1) is 20.6. The Labute approximate surface area is 307 Å². The molecule has 0 aromatic heterocycles. The lowest BCUT2D eigenvalue weighted by Crippen LogP contribution is -2.41. The van der Waals surface area contributed by atoms with E-state index in [-0.39, 0.29) is 39.6 Å². The zero-order valence-corrected chi connectivity index (χ0v) is 29.4. The number of halogens is 1. The van der Waals surface area contributed by atoms with Gasteiger partial charge < -0.3 is 31.5 Å². The number of carbonyl (C=O) groups excluding carboxylic acids is 7. The van der Waals surface area contributed by atoms with E-state index >= 15 is 0 Å². The van der Waals surface area contributed by atoms with Gasteiger partial charge in [-0.25, -0.2) is 4.79 Å². The van der Waals surface area contributed by atoms with Crippen LogP contribution >= 0.6 is 22.6 Å². The van der Waals surface area contributed by atoms with E-state index in [1.165, 1.54) is 27.2 Å². The molecule has 5 unspecified atom stereocenters. The summed E-state index contributed by atoms with van der Waals surface area (Å²) in [6.07, 6.45) is 2.79. The molecule has 6 N–H and O–H groups in total. The summed E-state index contributed by atoms with van der Waals surface area (Å²) in [6, 6.07) is -2.56. The van der Waals surface area contributed by atoms with Gasteiger partial charge in [0.25, 0.3) is 0 Å². The fourth-order valence-electron chi connectivity index (χ4n) is 2.28. The zero-order chi connectivity index (χ0) is 36.9. The summed E-state index contributed by atoms with van der Waals surface area (Å²) in [4.78, 5) is 82.7. The largest absolute Gasteiger partial charge is 0.480 e. The van der Waals surface area contributed by atoms with E-state index in [9.17, 15) is 38.4 Å². The molecular formula is C29H57B4IN4O10. The summed E-state index contributed by atoms with van der Waals surface area (Å²) < 4.78 is 0.854. The minimum atomic E-state index is -1.07. The lowest BCUT2D eigenvalue weighted by atomic mass is 10.1. The highest BCUT2D eigenvalue weighted by molar-refractivity contribution is 14.1. The number of amides is 4. The van der Waals surface area contributed by atoms with Gasteiger partial charge in [0.1, 0.15) is 12.1 Å². The predicted molar refractivity (Wildman–Crippen MR) is 204 cm³/mol. The van der Waals surface area contributed by atoms with Crippen molar-refractivity contribution >= 4 is 101 Å². The molecule has 0 fully saturated rings. The van der Waals surface area contributed by atoms with Crippen LogP contribution in [0.3, 0.4) is 0 Å². The van der Waals surface area contributed by atoms with Gasteiger partial charge in [0.2, 0.25) is 31.4 Å². The fraction of sp³-hybridized carbons (Fsp3) is 0.724. The number of carboxylic acids is 1.